The largest absolute Gasteiger partial charge is 0.330 e. The fourth-order valence-corrected chi connectivity index (χ4v) is 4.15. The van der Waals surface area contributed by atoms with E-state index < -0.39 is 5.82 Å². The first-order chi connectivity index (χ1) is 9.10. The number of nitrogens with zero attached hydrogens (tertiary/aromatic N) is 1. The SMILES string of the molecule is CSC1CCC(n2c(=S)[nH]c3cc(F)c(Cl)cc32)C1. The van der Waals surface area contributed by atoms with E-state index in [1.165, 1.54) is 12.5 Å². The second-order valence-corrected chi connectivity index (χ2v) is 6.84. The molecule has 0 spiro atoms. The van der Waals surface area contributed by atoms with Crippen LogP contribution in [0.5, 0.6) is 0 Å². The van der Waals surface area contributed by atoms with Gasteiger partial charge in [0.1, 0.15) is 5.82 Å². The third-order valence-electron chi connectivity index (χ3n) is 3.81. The number of aromatic nitrogens is 2. The molecule has 3 rings (SSSR count). The Balaban J connectivity index is 2.11. The Morgan fingerprint density at radius 3 is 2.95 bits per heavy atom. The Kier molecular flexibility index (Phi) is 3.62. The molecule has 1 aromatic carbocycles. The first-order valence-electron chi connectivity index (χ1n) is 6.22. The first-order valence-corrected chi connectivity index (χ1v) is 8.29. The Hall–Kier alpha value is -0.520. The molecule has 0 radical (unpaired) electrons. The van der Waals surface area contributed by atoms with Gasteiger partial charge in [0.25, 0.3) is 0 Å². The van der Waals surface area contributed by atoms with Crippen molar-refractivity contribution in [2.24, 2.45) is 0 Å². The third kappa shape index (κ3) is 2.32. The van der Waals surface area contributed by atoms with Gasteiger partial charge in [-0.25, -0.2) is 4.39 Å². The van der Waals surface area contributed by atoms with Gasteiger partial charge >= 0.3 is 0 Å². The summed E-state index contributed by atoms with van der Waals surface area (Å²) in [4.78, 5) is 3.08. The molecular weight excluding hydrogens is 303 g/mol. The van der Waals surface area contributed by atoms with Gasteiger partial charge in [-0.2, -0.15) is 11.8 Å². The number of hydrogen-bond acceptors (Lipinski definition) is 2. The lowest BCUT2D eigenvalue weighted by molar-refractivity contribution is 0.527. The molecule has 102 valence electrons. The fraction of sp³-hybridized carbons (Fsp3) is 0.462. The van der Waals surface area contributed by atoms with Crippen molar-refractivity contribution < 1.29 is 4.39 Å². The third-order valence-corrected chi connectivity index (χ3v) is 5.50. The van der Waals surface area contributed by atoms with Gasteiger partial charge < -0.3 is 9.55 Å². The number of rotatable bonds is 2. The Bertz CT molecular complexity index is 679. The van der Waals surface area contributed by atoms with Crippen molar-refractivity contribution in [3.8, 4) is 0 Å². The predicted octanol–water partition coefficient (Wildman–Crippen LogP) is 4.95. The van der Waals surface area contributed by atoms with Crippen molar-refractivity contribution in [1.82, 2.24) is 9.55 Å². The van der Waals surface area contributed by atoms with Gasteiger partial charge in [0.05, 0.1) is 16.1 Å². The average Bonchev–Trinajstić information content (AvgIpc) is 2.94. The molecule has 1 fully saturated rings. The van der Waals surface area contributed by atoms with E-state index in [4.69, 9.17) is 23.8 Å². The molecular formula is C13H14ClFN2S2. The quantitative estimate of drug-likeness (QED) is 0.791. The summed E-state index contributed by atoms with van der Waals surface area (Å²) < 4.78 is 16.2. The summed E-state index contributed by atoms with van der Waals surface area (Å²) in [6.07, 6.45) is 5.57. The smallest absolute Gasteiger partial charge is 0.178 e. The minimum absolute atomic E-state index is 0.148. The lowest BCUT2D eigenvalue weighted by atomic mass is 10.2. The van der Waals surface area contributed by atoms with Gasteiger partial charge in [-0.3, -0.25) is 0 Å². The van der Waals surface area contributed by atoms with Gasteiger partial charge in [-0.05, 0) is 43.8 Å². The lowest BCUT2D eigenvalue weighted by Crippen LogP contribution is -2.06. The molecule has 1 heterocycles. The normalized spacial score (nSPS) is 23.3. The van der Waals surface area contributed by atoms with Crippen LogP contribution >= 0.6 is 35.6 Å². The van der Waals surface area contributed by atoms with Crippen molar-refractivity contribution in [2.75, 3.05) is 6.26 Å². The molecule has 6 heteroatoms. The van der Waals surface area contributed by atoms with Crippen LogP contribution < -0.4 is 0 Å². The van der Waals surface area contributed by atoms with Crippen LogP contribution in [0, 0.1) is 10.6 Å². The van der Waals surface area contributed by atoms with Crippen LogP contribution in [0.15, 0.2) is 12.1 Å². The maximum Gasteiger partial charge on any atom is 0.178 e. The number of nitrogens with one attached hydrogen (secondary N) is 1. The van der Waals surface area contributed by atoms with Gasteiger partial charge in [0, 0.05) is 17.4 Å². The zero-order chi connectivity index (χ0) is 13.6. The van der Waals surface area contributed by atoms with Crippen LogP contribution in [0.3, 0.4) is 0 Å². The zero-order valence-electron chi connectivity index (χ0n) is 10.5. The molecule has 1 aliphatic rings. The van der Waals surface area contributed by atoms with E-state index in [1.54, 1.807) is 6.07 Å². The highest BCUT2D eigenvalue weighted by molar-refractivity contribution is 7.99. The summed E-state index contributed by atoms with van der Waals surface area (Å²) in [5.41, 5.74) is 1.63. The molecule has 1 saturated carbocycles. The standard InChI is InChI=1S/C13H14ClFN2S2/c1-19-8-3-2-7(4-8)17-12-5-9(14)10(15)6-11(12)16-13(17)18/h5-8H,2-4H2,1H3,(H,16,18). The monoisotopic (exact) mass is 316 g/mol. The molecule has 2 atom stereocenters. The molecule has 19 heavy (non-hydrogen) atoms. The molecule has 1 aromatic heterocycles. The molecule has 2 unspecified atom stereocenters. The van der Waals surface area contributed by atoms with Crippen LogP contribution in [0.2, 0.25) is 5.02 Å². The molecule has 2 aromatic rings. The summed E-state index contributed by atoms with van der Waals surface area (Å²) in [5, 5.41) is 0.836. The molecule has 1 N–H and O–H groups in total. The van der Waals surface area contributed by atoms with Crippen molar-refractivity contribution in [3.63, 3.8) is 0 Å². The molecule has 2 nitrogen and oxygen atoms in total. The van der Waals surface area contributed by atoms with Crippen LogP contribution in [0.1, 0.15) is 25.3 Å². The van der Waals surface area contributed by atoms with Crippen molar-refractivity contribution in [2.45, 2.75) is 30.6 Å². The van der Waals surface area contributed by atoms with Gasteiger partial charge in [0.2, 0.25) is 0 Å². The number of imidazole rings is 1. The first kappa shape index (κ1) is 13.5. The minimum Gasteiger partial charge on any atom is -0.330 e. The Morgan fingerprint density at radius 2 is 2.26 bits per heavy atom. The number of H-pyrrole nitrogens is 1. The van der Waals surface area contributed by atoms with Crippen molar-refractivity contribution in [3.05, 3.63) is 27.7 Å². The van der Waals surface area contributed by atoms with Gasteiger partial charge in [-0.1, -0.05) is 11.6 Å². The van der Waals surface area contributed by atoms with Crippen molar-refractivity contribution >= 4 is 46.6 Å². The van der Waals surface area contributed by atoms with Crippen LogP contribution in [-0.4, -0.2) is 21.1 Å². The van der Waals surface area contributed by atoms with E-state index in [0.29, 0.717) is 16.1 Å². The summed E-state index contributed by atoms with van der Waals surface area (Å²) in [5.74, 6) is -0.411. The highest BCUT2D eigenvalue weighted by Crippen LogP contribution is 2.38. The van der Waals surface area contributed by atoms with Gasteiger partial charge in [-0.15, -0.1) is 0 Å². The summed E-state index contributed by atoms with van der Waals surface area (Å²) >= 11 is 13.2. The number of benzene rings is 1. The minimum atomic E-state index is -0.411. The number of aromatic amines is 1. The highest BCUT2D eigenvalue weighted by atomic mass is 35.5. The summed E-state index contributed by atoms with van der Waals surface area (Å²) in [6, 6.07) is 3.48. The topological polar surface area (TPSA) is 20.7 Å². The van der Waals surface area contributed by atoms with E-state index in [9.17, 15) is 4.39 Å². The van der Waals surface area contributed by atoms with E-state index in [0.717, 1.165) is 23.9 Å². The number of halogens is 2. The van der Waals surface area contributed by atoms with Gasteiger partial charge in [0.15, 0.2) is 4.77 Å². The second kappa shape index (κ2) is 5.11. The van der Waals surface area contributed by atoms with E-state index in [2.05, 4.69) is 15.8 Å². The maximum absolute atomic E-state index is 13.5. The molecule has 0 amide bonds. The average molecular weight is 317 g/mol. The lowest BCUT2D eigenvalue weighted by Gasteiger charge is -2.13. The van der Waals surface area contributed by atoms with E-state index in [1.807, 2.05) is 11.8 Å². The van der Waals surface area contributed by atoms with Crippen LogP contribution in [0.4, 0.5) is 4.39 Å². The zero-order valence-corrected chi connectivity index (χ0v) is 12.8. The van der Waals surface area contributed by atoms with Crippen LogP contribution in [0.25, 0.3) is 11.0 Å². The van der Waals surface area contributed by atoms with Crippen LogP contribution in [-0.2, 0) is 0 Å². The maximum atomic E-state index is 13.5. The number of fused-ring (bicyclic) bond motifs is 1. The van der Waals surface area contributed by atoms with E-state index in [-0.39, 0.29) is 5.02 Å². The fourth-order valence-electron chi connectivity index (χ4n) is 2.85. The molecule has 0 aliphatic heterocycles. The summed E-state index contributed by atoms with van der Waals surface area (Å²) in [6.45, 7) is 0. The number of hydrogen-bond donors (Lipinski definition) is 1. The second-order valence-electron chi connectivity index (χ2n) is 4.91. The Labute approximate surface area is 125 Å². The highest BCUT2D eigenvalue weighted by Gasteiger charge is 2.27. The Morgan fingerprint density at radius 1 is 1.47 bits per heavy atom. The summed E-state index contributed by atoms with van der Waals surface area (Å²) in [7, 11) is 0. The van der Waals surface area contributed by atoms with Crippen molar-refractivity contribution in [1.29, 1.82) is 0 Å². The molecule has 0 bridgehead atoms. The molecule has 1 aliphatic carbocycles. The predicted molar refractivity (Wildman–Crippen MR) is 82.3 cm³/mol. The van der Waals surface area contributed by atoms with E-state index >= 15 is 0 Å². The molecule has 0 saturated heterocycles. The number of thioether (sulfide) groups is 1.